The molecule has 11 heavy (non-hydrogen) atoms. The second-order valence-corrected chi connectivity index (χ2v) is 3.13. The Morgan fingerprint density at radius 2 is 2.36 bits per heavy atom. The molecule has 0 aromatic rings. The number of carbonyl (C=O) groups is 2. The first kappa shape index (κ1) is 8.20. The molecule has 0 amide bonds. The lowest BCUT2D eigenvalue weighted by molar-refractivity contribution is -0.141. The summed E-state index contributed by atoms with van der Waals surface area (Å²) < 4.78 is 0. The predicted octanol–water partition coefficient (Wildman–Crippen LogP) is -0.233. The van der Waals surface area contributed by atoms with E-state index in [0.717, 1.165) is 0 Å². The van der Waals surface area contributed by atoms with Gasteiger partial charge in [-0.2, -0.15) is 0 Å². The third-order valence-corrected chi connectivity index (χ3v) is 2.17. The molecule has 62 valence electrons. The molecule has 0 aromatic heterocycles. The number of carboxylic acids is 1. The lowest BCUT2D eigenvalue weighted by Crippen LogP contribution is -2.38. The fourth-order valence-electron chi connectivity index (χ4n) is 1.42. The van der Waals surface area contributed by atoms with Crippen molar-refractivity contribution in [3.8, 4) is 0 Å². The molecule has 1 aliphatic rings. The second-order valence-electron chi connectivity index (χ2n) is 3.13. The van der Waals surface area contributed by atoms with Crippen LogP contribution >= 0.6 is 0 Å². The van der Waals surface area contributed by atoms with Crippen LogP contribution in [0.5, 0.6) is 0 Å². The molecule has 0 radical (unpaired) electrons. The van der Waals surface area contributed by atoms with Crippen LogP contribution in [0.2, 0.25) is 0 Å². The van der Waals surface area contributed by atoms with Gasteiger partial charge in [0.25, 0.3) is 0 Å². The van der Waals surface area contributed by atoms with E-state index < -0.39 is 17.4 Å². The summed E-state index contributed by atoms with van der Waals surface area (Å²) in [5, 5.41) is 8.57. The van der Waals surface area contributed by atoms with Crippen molar-refractivity contribution >= 4 is 12.3 Å². The molecule has 1 rings (SSSR count). The molecule has 0 aliphatic heterocycles. The lowest BCUT2D eigenvalue weighted by atomic mass is 10.00. The fraction of sp³-hybridized carbons (Fsp3) is 0.714. The number of aldehydes is 1. The molecule has 3 N–H and O–H groups in total. The summed E-state index contributed by atoms with van der Waals surface area (Å²) in [5.41, 5.74) is 4.68. The van der Waals surface area contributed by atoms with Crippen LogP contribution in [0, 0.1) is 5.92 Å². The summed E-state index contributed by atoms with van der Waals surface area (Å²) in [4.78, 5) is 20.8. The van der Waals surface area contributed by atoms with Crippen molar-refractivity contribution < 1.29 is 14.7 Å². The van der Waals surface area contributed by atoms with Crippen molar-refractivity contribution in [2.24, 2.45) is 11.7 Å². The first-order valence-electron chi connectivity index (χ1n) is 3.55. The minimum atomic E-state index is -0.872. The first-order chi connectivity index (χ1) is 5.07. The van der Waals surface area contributed by atoms with Crippen molar-refractivity contribution in [1.29, 1.82) is 0 Å². The van der Waals surface area contributed by atoms with Crippen LogP contribution < -0.4 is 5.73 Å². The largest absolute Gasteiger partial charge is 0.481 e. The summed E-state index contributed by atoms with van der Waals surface area (Å²) in [6, 6.07) is 0. The number of carbonyl (C=O) groups excluding carboxylic acids is 1. The highest BCUT2D eigenvalue weighted by atomic mass is 16.4. The highest BCUT2D eigenvalue weighted by Gasteiger charge is 2.38. The van der Waals surface area contributed by atoms with E-state index in [2.05, 4.69) is 0 Å². The van der Waals surface area contributed by atoms with Gasteiger partial charge in [0.05, 0.1) is 11.5 Å². The van der Waals surface area contributed by atoms with Crippen molar-refractivity contribution in [2.45, 2.75) is 24.8 Å². The van der Waals surface area contributed by atoms with Crippen molar-refractivity contribution in [3.63, 3.8) is 0 Å². The number of hydrogen-bond donors (Lipinski definition) is 2. The molecule has 4 nitrogen and oxygen atoms in total. The normalized spacial score (nSPS) is 37.0. The Kier molecular flexibility index (Phi) is 1.95. The Morgan fingerprint density at radius 3 is 2.64 bits per heavy atom. The minimum Gasteiger partial charge on any atom is -0.481 e. The topological polar surface area (TPSA) is 80.4 Å². The van der Waals surface area contributed by atoms with E-state index >= 15 is 0 Å². The number of rotatable bonds is 2. The minimum absolute atomic E-state index is 0.284. The van der Waals surface area contributed by atoms with Crippen LogP contribution in [-0.2, 0) is 9.59 Å². The van der Waals surface area contributed by atoms with E-state index in [-0.39, 0.29) is 6.42 Å². The van der Waals surface area contributed by atoms with Gasteiger partial charge in [-0.3, -0.25) is 4.79 Å². The molecule has 1 saturated carbocycles. The summed E-state index contributed by atoms with van der Waals surface area (Å²) in [5.74, 6) is -1.27. The zero-order valence-corrected chi connectivity index (χ0v) is 6.12. The fourth-order valence-corrected chi connectivity index (χ4v) is 1.42. The molecule has 4 heteroatoms. The second kappa shape index (κ2) is 2.62. The Bertz CT molecular complexity index is 192. The quantitative estimate of drug-likeness (QED) is 0.542. The van der Waals surface area contributed by atoms with E-state index in [1.54, 1.807) is 0 Å². The summed E-state index contributed by atoms with van der Waals surface area (Å²) in [6.07, 6.45) is 1.96. The van der Waals surface area contributed by atoms with Gasteiger partial charge in [0.2, 0.25) is 0 Å². The first-order valence-corrected chi connectivity index (χ1v) is 3.55. The molecule has 1 fully saturated rings. The maximum Gasteiger partial charge on any atom is 0.306 e. The van der Waals surface area contributed by atoms with E-state index in [0.29, 0.717) is 19.1 Å². The molecule has 1 aliphatic carbocycles. The average Bonchev–Trinajstić information content (AvgIpc) is 2.33. The predicted molar refractivity (Wildman–Crippen MR) is 38.0 cm³/mol. The van der Waals surface area contributed by atoms with Gasteiger partial charge in [0.15, 0.2) is 0 Å². The van der Waals surface area contributed by atoms with Gasteiger partial charge in [0.1, 0.15) is 6.29 Å². The maximum absolute atomic E-state index is 10.4. The smallest absolute Gasteiger partial charge is 0.306 e. The zero-order chi connectivity index (χ0) is 8.48. The molecule has 2 atom stereocenters. The van der Waals surface area contributed by atoms with Crippen molar-refractivity contribution in [3.05, 3.63) is 0 Å². The van der Waals surface area contributed by atoms with Crippen LogP contribution in [0.15, 0.2) is 0 Å². The number of nitrogens with two attached hydrogens (primary N) is 1. The Hall–Kier alpha value is -0.900. The summed E-state index contributed by atoms with van der Waals surface area (Å²) in [7, 11) is 0. The summed E-state index contributed by atoms with van der Waals surface area (Å²) in [6.45, 7) is 0. The van der Waals surface area contributed by atoms with Crippen LogP contribution in [-0.4, -0.2) is 22.9 Å². The van der Waals surface area contributed by atoms with Gasteiger partial charge in [0, 0.05) is 0 Å². The Morgan fingerprint density at radius 1 is 1.73 bits per heavy atom. The number of aliphatic carboxylic acids is 1. The van der Waals surface area contributed by atoms with E-state index in [1.807, 2.05) is 0 Å². The molecular formula is C7H11NO3. The van der Waals surface area contributed by atoms with Gasteiger partial charge in [-0.05, 0) is 19.3 Å². The molecule has 0 spiro atoms. The molecule has 0 bridgehead atoms. The standard InChI is InChI=1S/C7H11NO3/c8-7(4-9)2-1-5(3-7)6(10)11/h4-5H,1-3,8H2,(H,10,11). The Labute approximate surface area is 64.4 Å². The SMILES string of the molecule is NC1(C=O)CCC(C(=O)O)C1. The maximum atomic E-state index is 10.4. The van der Waals surface area contributed by atoms with Gasteiger partial charge >= 0.3 is 5.97 Å². The van der Waals surface area contributed by atoms with Crippen LogP contribution in [0.3, 0.4) is 0 Å². The molecule has 0 heterocycles. The third kappa shape index (κ3) is 1.57. The zero-order valence-electron chi connectivity index (χ0n) is 6.12. The van der Waals surface area contributed by atoms with E-state index in [4.69, 9.17) is 10.8 Å². The van der Waals surface area contributed by atoms with Crippen LogP contribution in [0.1, 0.15) is 19.3 Å². The van der Waals surface area contributed by atoms with Crippen LogP contribution in [0.25, 0.3) is 0 Å². The monoisotopic (exact) mass is 157 g/mol. The molecule has 2 unspecified atom stereocenters. The van der Waals surface area contributed by atoms with E-state index in [9.17, 15) is 9.59 Å². The highest BCUT2D eigenvalue weighted by molar-refractivity contribution is 5.74. The van der Waals surface area contributed by atoms with Gasteiger partial charge in [-0.15, -0.1) is 0 Å². The molecular weight excluding hydrogens is 146 g/mol. The van der Waals surface area contributed by atoms with Crippen LogP contribution in [0.4, 0.5) is 0 Å². The average molecular weight is 157 g/mol. The van der Waals surface area contributed by atoms with Crippen molar-refractivity contribution in [1.82, 2.24) is 0 Å². The highest BCUT2D eigenvalue weighted by Crippen LogP contribution is 2.31. The third-order valence-electron chi connectivity index (χ3n) is 2.17. The number of hydrogen-bond acceptors (Lipinski definition) is 3. The Balaban J connectivity index is 2.59. The van der Waals surface area contributed by atoms with Gasteiger partial charge in [-0.1, -0.05) is 0 Å². The van der Waals surface area contributed by atoms with Gasteiger partial charge < -0.3 is 15.6 Å². The molecule has 0 aromatic carbocycles. The summed E-state index contributed by atoms with van der Waals surface area (Å²) >= 11 is 0. The molecule has 0 saturated heterocycles. The van der Waals surface area contributed by atoms with E-state index in [1.165, 1.54) is 0 Å². The van der Waals surface area contributed by atoms with Gasteiger partial charge in [-0.25, -0.2) is 0 Å². The van der Waals surface area contributed by atoms with Crippen molar-refractivity contribution in [2.75, 3.05) is 0 Å². The number of carboxylic acid groups (broad SMARTS) is 1. The lowest BCUT2D eigenvalue weighted by Gasteiger charge is -2.13.